The van der Waals surface area contributed by atoms with Gasteiger partial charge in [-0.3, -0.25) is 0 Å². The molecule has 1 aromatic rings. The van der Waals surface area contributed by atoms with E-state index < -0.39 is 5.97 Å². The molecule has 2 amide bonds. The van der Waals surface area contributed by atoms with Gasteiger partial charge in [0.2, 0.25) is 0 Å². The zero-order valence-corrected chi connectivity index (χ0v) is 12.0. The van der Waals surface area contributed by atoms with Crippen molar-refractivity contribution in [3.8, 4) is 0 Å². The van der Waals surface area contributed by atoms with Gasteiger partial charge in [-0.05, 0) is 48.4 Å². The largest absolute Gasteiger partial charge is 0.478 e. The van der Waals surface area contributed by atoms with Crippen LogP contribution < -0.4 is 10.6 Å². The zero-order valence-electron chi connectivity index (χ0n) is 12.0. The van der Waals surface area contributed by atoms with Gasteiger partial charge in [-0.2, -0.15) is 0 Å². The van der Waals surface area contributed by atoms with E-state index >= 15 is 0 Å². The molecule has 0 spiro atoms. The normalized spacial score (nSPS) is 19.2. The van der Waals surface area contributed by atoms with Crippen LogP contribution in [0.2, 0.25) is 0 Å². The lowest BCUT2D eigenvalue weighted by Gasteiger charge is -2.10. The molecule has 0 radical (unpaired) electrons. The van der Waals surface area contributed by atoms with E-state index in [2.05, 4.69) is 24.5 Å². The Morgan fingerprint density at radius 1 is 1.40 bits per heavy atom. The Bertz CT molecular complexity index is 552. The Hall–Kier alpha value is -2.04. The Morgan fingerprint density at radius 3 is 2.55 bits per heavy atom. The number of carboxylic acid groups (broad SMARTS) is 1. The van der Waals surface area contributed by atoms with Crippen LogP contribution in [0.25, 0.3) is 0 Å². The van der Waals surface area contributed by atoms with Crippen molar-refractivity contribution in [2.75, 3.05) is 11.9 Å². The molecule has 2 rings (SSSR count). The van der Waals surface area contributed by atoms with E-state index in [1.807, 2.05) is 0 Å². The number of hydrogen-bond donors (Lipinski definition) is 3. The molecule has 108 valence electrons. The van der Waals surface area contributed by atoms with Crippen LogP contribution >= 0.6 is 0 Å². The molecule has 1 aromatic carbocycles. The monoisotopic (exact) mass is 276 g/mol. The molecule has 20 heavy (non-hydrogen) atoms. The highest BCUT2D eigenvalue weighted by atomic mass is 16.4. The molecular weight excluding hydrogens is 256 g/mol. The number of aryl methyl sites for hydroxylation is 1. The molecule has 5 heteroatoms. The lowest BCUT2D eigenvalue weighted by molar-refractivity contribution is 0.0696. The second-order valence-electron chi connectivity index (χ2n) is 6.06. The number of hydrogen-bond acceptors (Lipinski definition) is 2. The van der Waals surface area contributed by atoms with Gasteiger partial charge in [0, 0.05) is 12.2 Å². The summed E-state index contributed by atoms with van der Waals surface area (Å²) < 4.78 is 0. The lowest BCUT2D eigenvalue weighted by Crippen LogP contribution is -2.31. The van der Waals surface area contributed by atoms with Crippen LogP contribution in [-0.2, 0) is 0 Å². The second-order valence-corrected chi connectivity index (χ2v) is 6.06. The summed E-state index contributed by atoms with van der Waals surface area (Å²) in [6, 6.07) is 4.49. The number of anilines is 1. The number of aromatic carboxylic acids is 1. The van der Waals surface area contributed by atoms with Crippen LogP contribution in [0, 0.1) is 18.3 Å². The predicted molar refractivity (Wildman–Crippen MR) is 77.0 cm³/mol. The first kappa shape index (κ1) is 14.4. The molecule has 1 unspecified atom stereocenters. The summed E-state index contributed by atoms with van der Waals surface area (Å²) >= 11 is 0. The highest BCUT2D eigenvalue weighted by Crippen LogP contribution is 2.50. The lowest BCUT2D eigenvalue weighted by atomic mass is 10.1. The van der Waals surface area contributed by atoms with Gasteiger partial charge in [0.1, 0.15) is 0 Å². The van der Waals surface area contributed by atoms with Gasteiger partial charge in [0.05, 0.1) is 5.56 Å². The van der Waals surface area contributed by atoms with E-state index in [4.69, 9.17) is 5.11 Å². The van der Waals surface area contributed by atoms with Crippen LogP contribution in [0.15, 0.2) is 18.2 Å². The van der Waals surface area contributed by atoms with Crippen LogP contribution in [-0.4, -0.2) is 23.7 Å². The number of nitrogens with one attached hydrogen (secondary N) is 2. The van der Waals surface area contributed by atoms with Crippen molar-refractivity contribution in [3.63, 3.8) is 0 Å². The highest BCUT2D eigenvalue weighted by Gasteiger charge is 2.45. The minimum Gasteiger partial charge on any atom is -0.478 e. The van der Waals surface area contributed by atoms with E-state index in [1.54, 1.807) is 19.1 Å². The predicted octanol–water partition coefficient (Wildman–Crippen LogP) is 2.86. The molecule has 1 fully saturated rings. The average Bonchev–Trinajstić information content (AvgIpc) is 2.94. The van der Waals surface area contributed by atoms with E-state index in [-0.39, 0.29) is 11.6 Å². The van der Waals surface area contributed by atoms with E-state index in [0.29, 0.717) is 29.1 Å². The van der Waals surface area contributed by atoms with E-state index in [0.717, 1.165) is 6.42 Å². The van der Waals surface area contributed by atoms with Crippen LogP contribution in [0.1, 0.15) is 36.2 Å². The van der Waals surface area contributed by atoms with Gasteiger partial charge in [-0.25, -0.2) is 9.59 Å². The minimum atomic E-state index is -0.963. The Morgan fingerprint density at radius 2 is 2.05 bits per heavy atom. The van der Waals surface area contributed by atoms with Crippen molar-refractivity contribution >= 4 is 17.7 Å². The molecule has 0 heterocycles. The molecule has 0 aliphatic heterocycles. The Balaban J connectivity index is 1.88. The number of rotatable bonds is 4. The van der Waals surface area contributed by atoms with Gasteiger partial charge in [0.25, 0.3) is 0 Å². The summed E-state index contributed by atoms with van der Waals surface area (Å²) in [4.78, 5) is 22.6. The number of carbonyl (C=O) groups excluding carboxylic acids is 1. The van der Waals surface area contributed by atoms with Crippen LogP contribution in [0.4, 0.5) is 10.5 Å². The number of benzene rings is 1. The quantitative estimate of drug-likeness (QED) is 0.791. The molecule has 0 saturated heterocycles. The van der Waals surface area contributed by atoms with E-state index in [9.17, 15) is 9.59 Å². The van der Waals surface area contributed by atoms with Gasteiger partial charge < -0.3 is 15.7 Å². The fourth-order valence-corrected chi connectivity index (χ4v) is 2.30. The topological polar surface area (TPSA) is 78.4 Å². The molecular formula is C15H20N2O3. The van der Waals surface area contributed by atoms with Gasteiger partial charge >= 0.3 is 12.0 Å². The minimum absolute atomic E-state index is 0.246. The fourth-order valence-electron chi connectivity index (χ4n) is 2.30. The number of carboxylic acids is 1. The van der Waals surface area contributed by atoms with Gasteiger partial charge in [-0.15, -0.1) is 0 Å². The molecule has 0 bridgehead atoms. The molecule has 1 aliphatic carbocycles. The van der Waals surface area contributed by atoms with Crippen molar-refractivity contribution in [1.29, 1.82) is 0 Å². The standard InChI is InChI=1S/C15H20N2O3/c1-9-6-11(4-5-12(9)13(18)19)17-14(20)16-8-10-7-15(10,2)3/h4-6,10H,7-8H2,1-3H3,(H,18,19)(H2,16,17,20). The molecule has 5 nitrogen and oxygen atoms in total. The highest BCUT2D eigenvalue weighted by molar-refractivity contribution is 5.92. The van der Waals surface area contributed by atoms with Crippen molar-refractivity contribution in [3.05, 3.63) is 29.3 Å². The van der Waals surface area contributed by atoms with Crippen molar-refractivity contribution in [1.82, 2.24) is 5.32 Å². The third-order valence-corrected chi connectivity index (χ3v) is 3.94. The number of carbonyl (C=O) groups is 2. The number of urea groups is 1. The zero-order chi connectivity index (χ0) is 14.9. The molecule has 1 atom stereocenters. The first-order valence-corrected chi connectivity index (χ1v) is 6.68. The third-order valence-electron chi connectivity index (χ3n) is 3.94. The summed E-state index contributed by atoms with van der Waals surface area (Å²) in [5.74, 6) is -0.418. The molecule has 1 saturated carbocycles. The van der Waals surface area contributed by atoms with Crippen molar-refractivity contribution < 1.29 is 14.7 Å². The summed E-state index contributed by atoms with van der Waals surface area (Å²) in [7, 11) is 0. The van der Waals surface area contributed by atoms with Crippen LogP contribution in [0.3, 0.4) is 0 Å². The van der Waals surface area contributed by atoms with Crippen molar-refractivity contribution in [2.45, 2.75) is 27.2 Å². The van der Waals surface area contributed by atoms with E-state index in [1.165, 1.54) is 6.07 Å². The first-order valence-electron chi connectivity index (χ1n) is 6.68. The third kappa shape index (κ3) is 3.29. The molecule has 0 aromatic heterocycles. The maximum atomic E-state index is 11.7. The molecule has 1 aliphatic rings. The van der Waals surface area contributed by atoms with Gasteiger partial charge in [0.15, 0.2) is 0 Å². The summed E-state index contributed by atoms with van der Waals surface area (Å²) in [5.41, 5.74) is 1.81. The Kier molecular flexibility index (Phi) is 3.70. The smallest absolute Gasteiger partial charge is 0.335 e. The maximum Gasteiger partial charge on any atom is 0.335 e. The summed E-state index contributed by atoms with van der Waals surface area (Å²) in [6.07, 6.45) is 1.14. The first-order chi connectivity index (χ1) is 9.29. The summed E-state index contributed by atoms with van der Waals surface area (Å²) in [6.45, 7) is 6.75. The van der Waals surface area contributed by atoms with Crippen molar-refractivity contribution in [2.24, 2.45) is 11.3 Å². The van der Waals surface area contributed by atoms with Gasteiger partial charge in [-0.1, -0.05) is 13.8 Å². The SMILES string of the molecule is Cc1cc(NC(=O)NCC2CC2(C)C)ccc1C(=O)O. The Labute approximate surface area is 118 Å². The average molecular weight is 276 g/mol. The molecule has 3 N–H and O–H groups in total. The fraction of sp³-hybridized carbons (Fsp3) is 0.467. The summed E-state index contributed by atoms with van der Waals surface area (Å²) in [5, 5.41) is 14.5. The van der Waals surface area contributed by atoms with Crippen LogP contribution in [0.5, 0.6) is 0 Å². The maximum absolute atomic E-state index is 11.7. The second kappa shape index (κ2) is 5.15. The number of amides is 2.